The molecule has 3 aliphatic rings. The summed E-state index contributed by atoms with van der Waals surface area (Å²) in [7, 11) is 0. The molecule has 1 fully saturated rings. The van der Waals surface area contributed by atoms with Gasteiger partial charge in [0, 0.05) is 23.8 Å². The van der Waals surface area contributed by atoms with Crippen molar-refractivity contribution in [1.29, 1.82) is 0 Å². The Kier molecular flexibility index (Phi) is 9.58. The van der Waals surface area contributed by atoms with Crippen LogP contribution in [0.15, 0.2) is 108 Å². The summed E-state index contributed by atoms with van der Waals surface area (Å²) in [4.78, 5) is 0. The topological polar surface area (TPSA) is 18.5 Å². The maximum Gasteiger partial charge on any atom is 0.412 e. The second-order valence-electron chi connectivity index (χ2n) is 8.58. The molecule has 1 saturated heterocycles. The van der Waals surface area contributed by atoms with Gasteiger partial charge in [-0.3, -0.25) is 0 Å². The molecule has 0 amide bonds. The molecule has 0 aromatic heterocycles. The minimum atomic E-state index is -4.29. The molecule has 0 aromatic rings. The van der Waals surface area contributed by atoms with Crippen LogP contribution in [0.1, 0.15) is 32.6 Å². The predicted octanol–water partition coefficient (Wildman–Crippen LogP) is 7.88. The molecule has 0 N–H and O–H groups in total. The molecule has 1 heterocycles. The van der Waals surface area contributed by atoms with E-state index in [1.54, 1.807) is 6.08 Å². The highest BCUT2D eigenvalue weighted by Crippen LogP contribution is 2.31. The van der Waals surface area contributed by atoms with Gasteiger partial charge >= 0.3 is 6.18 Å². The van der Waals surface area contributed by atoms with E-state index in [0.29, 0.717) is 13.0 Å². The third kappa shape index (κ3) is 7.91. The number of ether oxygens (including phenoxy) is 2. The van der Waals surface area contributed by atoms with Crippen molar-refractivity contribution in [2.45, 2.75) is 44.9 Å². The first-order chi connectivity index (χ1) is 16.4. The molecule has 3 unspecified atom stereocenters. The average Bonchev–Trinajstić information content (AvgIpc) is 3.02. The standard InChI is InChI=1S/C29H33F3O2/c1-3-8-28(16-7-10-24-19-20-33-22(24)2)34-21-23-9-4-11-26(18-17-23)25-12-5-14-27(15-6-13-25)29(30,31)32/h3-6,9-14,16-18,22,25-26H,1,7-8,15,19-21H2,2H3/b12-5-,13-6?,24-10-,27-14+,28-16+. The summed E-state index contributed by atoms with van der Waals surface area (Å²) in [6.45, 7) is 7.14. The number of hydrogen-bond donors (Lipinski definition) is 0. The number of rotatable bonds is 8. The van der Waals surface area contributed by atoms with Crippen molar-refractivity contribution in [3.63, 3.8) is 0 Å². The van der Waals surface area contributed by atoms with Gasteiger partial charge < -0.3 is 9.47 Å². The maximum atomic E-state index is 12.9. The summed E-state index contributed by atoms with van der Waals surface area (Å²) in [5, 5.41) is 0. The van der Waals surface area contributed by atoms with Gasteiger partial charge in [0.15, 0.2) is 0 Å². The van der Waals surface area contributed by atoms with Crippen LogP contribution in [0, 0.1) is 11.8 Å². The normalized spacial score (nSPS) is 29.1. The Morgan fingerprint density at radius 1 is 1.15 bits per heavy atom. The van der Waals surface area contributed by atoms with Crippen LogP contribution < -0.4 is 0 Å². The summed E-state index contributed by atoms with van der Waals surface area (Å²) >= 11 is 0. The van der Waals surface area contributed by atoms with E-state index >= 15 is 0 Å². The quantitative estimate of drug-likeness (QED) is 0.265. The first kappa shape index (κ1) is 25.8. The van der Waals surface area contributed by atoms with E-state index in [9.17, 15) is 13.2 Å². The molecule has 0 saturated carbocycles. The van der Waals surface area contributed by atoms with Crippen molar-refractivity contribution in [3.05, 3.63) is 108 Å². The molecule has 2 aliphatic carbocycles. The van der Waals surface area contributed by atoms with E-state index in [4.69, 9.17) is 9.47 Å². The highest BCUT2D eigenvalue weighted by molar-refractivity contribution is 5.32. The van der Waals surface area contributed by atoms with Gasteiger partial charge in [-0.2, -0.15) is 13.2 Å². The van der Waals surface area contributed by atoms with Gasteiger partial charge in [0.25, 0.3) is 0 Å². The third-order valence-corrected chi connectivity index (χ3v) is 6.09. The molecule has 0 radical (unpaired) electrons. The third-order valence-electron chi connectivity index (χ3n) is 6.09. The molecule has 3 atom stereocenters. The Balaban J connectivity index is 1.57. The van der Waals surface area contributed by atoms with Gasteiger partial charge in [-0.15, -0.1) is 6.58 Å². The Labute approximate surface area is 200 Å². The SMILES string of the molecule is C=CC/C(=C\C/C=C1/CCOC1C)OCC1=CC=CC(C2C=CC/C(C(F)(F)F)=C\C=C/2)C=C1. The van der Waals surface area contributed by atoms with Crippen LogP contribution in [0.4, 0.5) is 13.2 Å². The van der Waals surface area contributed by atoms with Crippen molar-refractivity contribution in [3.8, 4) is 0 Å². The fourth-order valence-corrected chi connectivity index (χ4v) is 4.06. The molecule has 34 heavy (non-hydrogen) atoms. The Morgan fingerprint density at radius 3 is 2.62 bits per heavy atom. The predicted molar refractivity (Wildman–Crippen MR) is 132 cm³/mol. The van der Waals surface area contributed by atoms with Crippen molar-refractivity contribution < 1.29 is 22.6 Å². The fraction of sp³-hybridized carbons (Fsp3) is 0.379. The molecule has 1 aliphatic heterocycles. The van der Waals surface area contributed by atoms with Crippen LogP contribution in [0.25, 0.3) is 0 Å². The molecular weight excluding hydrogens is 437 g/mol. The van der Waals surface area contributed by atoms with Gasteiger partial charge in [-0.25, -0.2) is 0 Å². The van der Waals surface area contributed by atoms with E-state index in [2.05, 4.69) is 37.8 Å². The second kappa shape index (κ2) is 12.6. The Bertz CT molecular complexity index is 954. The van der Waals surface area contributed by atoms with Crippen molar-refractivity contribution in [2.24, 2.45) is 11.8 Å². The summed E-state index contributed by atoms with van der Waals surface area (Å²) < 4.78 is 50.5. The van der Waals surface area contributed by atoms with E-state index in [1.807, 2.05) is 36.5 Å². The van der Waals surface area contributed by atoms with E-state index < -0.39 is 11.7 Å². The minimum absolute atomic E-state index is 0.00146. The van der Waals surface area contributed by atoms with E-state index in [-0.39, 0.29) is 24.4 Å². The number of alkyl halides is 3. The number of hydrogen-bond acceptors (Lipinski definition) is 2. The monoisotopic (exact) mass is 470 g/mol. The molecule has 0 aromatic carbocycles. The largest absolute Gasteiger partial charge is 0.493 e. The highest BCUT2D eigenvalue weighted by atomic mass is 19.4. The molecule has 2 nitrogen and oxygen atoms in total. The first-order valence-electron chi connectivity index (χ1n) is 11.8. The van der Waals surface area contributed by atoms with Crippen LogP contribution in [0.2, 0.25) is 0 Å². The summed E-state index contributed by atoms with van der Waals surface area (Å²) in [6, 6.07) is 0. The molecule has 5 heteroatoms. The van der Waals surface area contributed by atoms with Crippen LogP contribution >= 0.6 is 0 Å². The fourth-order valence-electron chi connectivity index (χ4n) is 4.06. The zero-order valence-electron chi connectivity index (χ0n) is 19.6. The maximum absolute atomic E-state index is 12.9. The molecule has 3 rings (SSSR count). The lowest BCUT2D eigenvalue weighted by atomic mass is 9.89. The summed E-state index contributed by atoms with van der Waals surface area (Å²) in [6.07, 6.45) is 22.5. The Morgan fingerprint density at radius 2 is 1.91 bits per heavy atom. The molecule has 0 spiro atoms. The van der Waals surface area contributed by atoms with Gasteiger partial charge in [0.05, 0.1) is 18.5 Å². The van der Waals surface area contributed by atoms with Gasteiger partial charge in [-0.1, -0.05) is 72.9 Å². The molecule has 0 bridgehead atoms. The highest BCUT2D eigenvalue weighted by Gasteiger charge is 2.32. The minimum Gasteiger partial charge on any atom is -0.493 e. The van der Waals surface area contributed by atoms with Crippen molar-refractivity contribution in [2.75, 3.05) is 13.2 Å². The van der Waals surface area contributed by atoms with E-state index in [1.165, 1.54) is 17.7 Å². The van der Waals surface area contributed by atoms with Crippen molar-refractivity contribution in [1.82, 2.24) is 0 Å². The van der Waals surface area contributed by atoms with Crippen LogP contribution in [-0.2, 0) is 9.47 Å². The number of allylic oxidation sites excluding steroid dienone is 13. The van der Waals surface area contributed by atoms with Crippen LogP contribution in [0.5, 0.6) is 0 Å². The van der Waals surface area contributed by atoms with Gasteiger partial charge in [0.1, 0.15) is 6.61 Å². The van der Waals surface area contributed by atoms with E-state index in [0.717, 1.165) is 30.8 Å². The van der Waals surface area contributed by atoms with Crippen LogP contribution in [0.3, 0.4) is 0 Å². The van der Waals surface area contributed by atoms with Crippen molar-refractivity contribution >= 4 is 0 Å². The molecule has 182 valence electrons. The lowest BCUT2D eigenvalue weighted by Gasteiger charge is -2.17. The Hall–Kier alpha value is -2.79. The van der Waals surface area contributed by atoms with Crippen LogP contribution in [-0.4, -0.2) is 25.5 Å². The van der Waals surface area contributed by atoms with Gasteiger partial charge in [0.2, 0.25) is 0 Å². The summed E-state index contributed by atoms with van der Waals surface area (Å²) in [5.41, 5.74) is 1.84. The lowest BCUT2D eigenvalue weighted by molar-refractivity contribution is -0.0929. The summed E-state index contributed by atoms with van der Waals surface area (Å²) in [5.74, 6) is 0.946. The first-order valence-corrected chi connectivity index (χ1v) is 11.8. The molecular formula is C29H33F3O2. The average molecular weight is 471 g/mol. The zero-order valence-corrected chi connectivity index (χ0v) is 19.6. The smallest absolute Gasteiger partial charge is 0.412 e. The van der Waals surface area contributed by atoms with Gasteiger partial charge in [-0.05, 0) is 43.4 Å². The zero-order chi connectivity index (χ0) is 24.4. The second-order valence-corrected chi connectivity index (χ2v) is 8.58. The number of halogens is 3. The lowest BCUT2D eigenvalue weighted by Crippen LogP contribution is -2.12.